The minimum atomic E-state index is -0.298. The number of piperidine rings is 1. The Bertz CT molecular complexity index is 514. The molecule has 0 spiro atoms. The van der Waals surface area contributed by atoms with E-state index in [4.69, 9.17) is 11.1 Å². The number of likely N-dealkylation sites (tertiary alicyclic amines) is 1. The highest BCUT2D eigenvalue weighted by molar-refractivity contribution is 5.95. The smallest absolute Gasteiger partial charge is 0.124 e. The lowest BCUT2D eigenvalue weighted by Gasteiger charge is -2.37. The van der Waals surface area contributed by atoms with Crippen molar-refractivity contribution in [1.29, 1.82) is 5.41 Å². The van der Waals surface area contributed by atoms with E-state index in [1.54, 1.807) is 6.07 Å². The van der Waals surface area contributed by atoms with Gasteiger partial charge in [0.1, 0.15) is 11.7 Å². The molecule has 0 amide bonds. The maximum atomic E-state index is 13.6. The van der Waals surface area contributed by atoms with Crippen molar-refractivity contribution >= 4 is 5.84 Å². The molecule has 1 aliphatic heterocycles. The summed E-state index contributed by atoms with van der Waals surface area (Å²) in [6.07, 6.45) is 6.55. The number of fused-ring (bicyclic) bond motifs is 1. The van der Waals surface area contributed by atoms with Gasteiger partial charge < -0.3 is 5.73 Å². The molecule has 108 valence electrons. The Morgan fingerprint density at radius 1 is 1.25 bits per heavy atom. The van der Waals surface area contributed by atoms with Gasteiger partial charge >= 0.3 is 0 Å². The Morgan fingerprint density at radius 3 is 2.85 bits per heavy atom. The van der Waals surface area contributed by atoms with Crippen molar-refractivity contribution in [2.75, 3.05) is 6.54 Å². The third kappa shape index (κ3) is 2.70. The normalized spacial score (nSPS) is 26.4. The van der Waals surface area contributed by atoms with Gasteiger partial charge in [0.2, 0.25) is 0 Å². The molecule has 1 aromatic carbocycles. The first-order valence-electron chi connectivity index (χ1n) is 7.51. The van der Waals surface area contributed by atoms with Crippen LogP contribution < -0.4 is 5.73 Å². The molecule has 3 nitrogen and oxygen atoms in total. The van der Waals surface area contributed by atoms with Crippen LogP contribution >= 0.6 is 0 Å². The quantitative estimate of drug-likeness (QED) is 0.658. The van der Waals surface area contributed by atoms with Gasteiger partial charge in [0.25, 0.3) is 0 Å². The summed E-state index contributed by atoms with van der Waals surface area (Å²) in [4.78, 5) is 2.50. The Morgan fingerprint density at radius 2 is 2.05 bits per heavy atom. The van der Waals surface area contributed by atoms with Gasteiger partial charge in [0, 0.05) is 18.2 Å². The molecule has 4 heteroatoms. The molecular formula is C16H22FN3. The van der Waals surface area contributed by atoms with Crippen molar-refractivity contribution in [1.82, 2.24) is 4.90 Å². The van der Waals surface area contributed by atoms with Gasteiger partial charge in [-0.15, -0.1) is 0 Å². The maximum absolute atomic E-state index is 13.6. The lowest BCUT2D eigenvalue weighted by atomic mass is 9.91. The zero-order valence-corrected chi connectivity index (χ0v) is 11.7. The molecule has 3 N–H and O–H groups in total. The van der Waals surface area contributed by atoms with Crippen LogP contribution in [0.5, 0.6) is 0 Å². The fourth-order valence-corrected chi connectivity index (χ4v) is 3.89. The second kappa shape index (κ2) is 5.52. The maximum Gasteiger partial charge on any atom is 0.124 e. The Labute approximate surface area is 119 Å². The average molecular weight is 275 g/mol. The third-order valence-electron chi connectivity index (χ3n) is 4.76. The van der Waals surface area contributed by atoms with E-state index in [9.17, 15) is 4.39 Å². The van der Waals surface area contributed by atoms with Crippen molar-refractivity contribution in [3.63, 3.8) is 0 Å². The van der Waals surface area contributed by atoms with Crippen LogP contribution in [0.3, 0.4) is 0 Å². The predicted octanol–water partition coefficient (Wildman–Crippen LogP) is 2.87. The molecule has 20 heavy (non-hydrogen) atoms. The van der Waals surface area contributed by atoms with Crippen molar-refractivity contribution in [3.8, 4) is 0 Å². The van der Waals surface area contributed by atoms with Crippen molar-refractivity contribution in [2.45, 2.75) is 44.7 Å². The molecule has 0 aromatic heterocycles. The summed E-state index contributed by atoms with van der Waals surface area (Å²) in [7, 11) is 0. The Hall–Kier alpha value is -1.42. The van der Waals surface area contributed by atoms with E-state index >= 15 is 0 Å². The number of benzene rings is 1. The molecule has 1 heterocycles. The predicted molar refractivity (Wildman–Crippen MR) is 78.2 cm³/mol. The van der Waals surface area contributed by atoms with E-state index in [1.165, 1.54) is 38.2 Å². The van der Waals surface area contributed by atoms with Crippen molar-refractivity contribution in [3.05, 3.63) is 35.1 Å². The zero-order valence-electron chi connectivity index (χ0n) is 11.7. The summed E-state index contributed by atoms with van der Waals surface area (Å²) in [5.74, 6) is 0.473. The Kier molecular flexibility index (Phi) is 3.74. The number of hydrogen-bond donors (Lipinski definition) is 2. The molecule has 1 aromatic rings. The van der Waals surface area contributed by atoms with E-state index in [0.717, 1.165) is 24.6 Å². The number of nitrogen functional groups attached to an aromatic ring is 1. The number of nitrogens with two attached hydrogens (primary N) is 1. The monoisotopic (exact) mass is 275 g/mol. The SMILES string of the molecule is N=C(N)c1cc(F)cc(CN2CCCC3CCCC32)c1. The lowest BCUT2D eigenvalue weighted by molar-refractivity contribution is 0.106. The number of nitrogens with zero attached hydrogens (tertiary/aromatic N) is 1. The number of halogens is 1. The molecule has 3 rings (SSSR count). The van der Waals surface area contributed by atoms with Crippen LogP contribution in [0.25, 0.3) is 0 Å². The summed E-state index contributed by atoms with van der Waals surface area (Å²) in [5, 5.41) is 7.46. The fourth-order valence-electron chi connectivity index (χ4n) is 3.89. The van der Waals surface area contributed by atoms with Crippen LogP contribution in [0.15, 0.2) is 18.2 Å². The van der Waals surface area contributed by atoms with Gasteiger partial charge in [-0.3, -0.25) is 10.3 Å². The van der Waals surface area contributed by atoms with Gasteiger partial charge in [0.05, 0.1) is 0 Å². The van der Waals surface area contributed by atoms with E-state index < -0.39 is 0 Å². The molecular weight excluding hydrogens is 253 g/mol. The van der Waals surface area contributed by atoms with E-state index in [2.05, 4.69) is 4.90 Å². The number of amidine groups is 1. The van der Waals surface area contributed by atoms with Crippen LogP contribution in [-0.2, 0) is 6.54 Å². The molecule has 2 atom stereocenters. The van der Waals surface area contributed by atoms with E-state index in [1.807, 2.05) is 6.07 Å². The number of hydrogen-bond acceptors (Lipinski definition) is 2. The average Bonchev–Trinajstić information content (AvgIpc) is 2.87. The summed E-state index contributed by atoms with van der Waals surface area (Å²) in [5.41, 5.74) is 6.89. The molecule has 0 radical (unpaired) electrons. The Balaban J connectivity index is 1.78. The topological polar surface area (TPSA) is 53.1 Å². The van der Waals surface area contributed by atoms with Crippen LogP contribution in [0.4, 0.5) is 4.39 Å². The fraction of sp³-hybridized carbons (Fsp3) is 0.562. The summed E-state index contributed by atoms with van der Waals surface area (Å²) in [6.45, 7) is 1.88. The van der Waals surface area contributed by atoms with E-state index in [-0.39, 0.29) is 11.7 Å². The molecule has 1 saturated carbocycles. The van der Waals surface area contributed by atoms with Gasteiger partial charge in [-0.1, -0.05) is 6.42 Å². The molecule has 2 aliphatic rings. The van der Waals surface area contributed by atoms with Crippen molar-refractivity contribution in [2.24, 2.45) is 11.7 Å². The van der Waals surface area contributed by atoms with Crippen LogP contribution in [0.2, 0.25) is 0 Å². The second-order valence-electron chi connectivity index (χ2n) is 6.13. The first-order valence-corrected chi connectivity index (χ1v) is 7.51. The molecule has 2 fully saturated rings. The second-order valence-corrected chi connectivity index (χ2v) is 6.13. The van der Waals surface area contributed by atoms with Gasteiger partial charge in [-0.25, -0.2) is 4.39 Å². The van der Waals surface area contributed by atoms with Gasteiger partial charge in [-0.2, -0.15) is 0 Å². The highest BCUT2D eigenvalue weighted by atomic mass is 19.1. The van der Waals surface area contributed by atoms with Gasteiger partial charge in [0.15, 0.2) is 0 Å². The van der Waals surface area contributed by atoms with Crippen LogP contribution in [-0.4, -0.2) is 23.3 Å². The first-order chi connectivity index (χ1) is 9.63. The standard InChI is InChI=1S/C16H22FN3/c17-14-8-11(7-13(9-14)16(18)19)10-20-6-2-4-12-3-1-5-15(12)20/h7-9,12,15H,1-6,10H2,(H3,18,19). The van der Waals surface area contributed by atoms with E-state index in [0.29, 0.717) is 11.6 Å². The molecule has 0 bridgehead atoms. The number of nitrogens with one attached hydrogen (secondary N) is 1. The van der Waals surface area contributed by atoms with Crippen LogP contribution in [0, 0.1) is 17.1 Å². The largest absolute Gasteiger partial charge is 0.384 e. The zero-order chi connectivity index (χ0) is 14.1. The summed E-state index contributed by atoms with van der Waals surface area (Å²) in [6, 6.07) is 5.43. The minimum absolute atomic E-state index is 0.0665. The van der Waals surface area contributed by atoms with Gasteiger partial charge in [-0.05, 0) is 61.9 Å². The highest BCUT2D eigenvalue weighted by Gasteiger charge is 2.34. The summed E-state index contributed by atoms with van der Waals surface area (Å²) < 4.78 is 13.6. The highest BCUT2D eigenvalue weighted by Crippen LogP contribution is 2.37. The first kappa shape index (κ1) is 13.6. The lowest BCUT2D eigenvalue weighted by Crippen LogP contribution is -2.41. The minimum Gasteiger partial charge on any atom is -0.384 e. The molecule has 1 aliphatic carbocycles. The molecule has 1 saturated heterocycles. The van der Waals surface area contributed by atoms with Crippen molar-refractivity contribution < 1.29 is 4.39 Å². The van der Waals surface area contributed by atoms with Crippen LogP contribution in [0.1, 0.15) is 43.2 Å². The number of rotatable bonds is 3. The molecule has 2 unspecified atom stereocenters. The third-order valence-corrected chi connectivity index (χ3v) is 4.76. The summed E-state index contributed by atoms with van der Waals surface area (Å²) >= 11 is 0.